The number of amides is 1. The van der Waals surface area contributed by atoms with E-state index in [1.165, 1.54) is 12.8 Å². The third kappa shape index (κ3) is 3.22. The van der Waals surface area contributed by atoms with Gasteiger partial charge in [-0.1, -0.05) is 6.07 Å². The van der Waals surface area contributed by atoms with Gasteiger partial charge in [0.05, 0.1) is 6.42 Å². The molecule has 138 valence electrons. The molecular formula is C19H21N7O. The minimum Gasteiger partial charge on any atom is -0.352 e. The van der Waals surface area contributed by atoms with Crippen molar-refractivity contribution in [3.05, 3.63) is 48.0 Å². The maximum absolute atomic E-state index is 12.5. The Morgan fingerprint density at radius 1 is 1.07 bits per heavy atom. The molecule has 8 nitrogen and oxygen atoms in total. The van der Waals surface area contributed by atoms with Crippen LogP contribution in [-0.2, 0) is 11.2 Å². The molecule has 1 saturated carbocycles. The maximum atomic E-state index is 12.5. The van der Waals surface area contributed by atoms with Crippen LogP contribution in [0.2, 0.25) is 0 Å². The number of fused-ring (bicyclic) bond motifs is 1. The first kappa shape index (κ1) is 16.2. The fraction of sp³-hybridized carbons (Fsp3) is 0.421. The van der Waals surface area contributed by atoms with Crippen LogP contribution < -0.4 is 4.90 Å². The number of hydrogen-bond acceptors (Lipinski definition) is 6. The zero-order valence-electron chi connectivity index (χ0n) is 15.0. The van der Waals surface area contributed by atoms with Gasteiger partial charge in [-0.15, -0.1) is 15.3 Å². The number of aromatic nitrogens is 5. The van der Waals surface area contributed by atoms with E-state index in [1.807, 2.05) is 33.7 Å². The van der Waals surface area contributed by atoms with E-state index in [1.54, 1.807) is 12.4 Å². The molecule has 3 aromatic rings. The van der Waals surface area contributed by atoms with Gasteiger partial charge in [-0.2, -0.15) is 4.52 Å². The number of piperazine rings is 1. The minimum atomic E-state index is 0.154. The van der Waals surface area contributed by atoms with Crippen molar-refractivity contribution in [3.8, 4) is 0 Å². The Morgan fingerprint density at radius 3 is 2.67 bits per heavy atom. The van der Waals surface area contributed by atoms with E-state index in [4.69, 9.17) is 5.10 Å². The lowest BCUT2D eigenvalue weighted by atomic mass is 10.2. The monoisotopic (exact) mass is 363 g/mol. The van der Waals surface area contributed by atoms with Crippen molar-refractivity contribution in [3.63, 3.8) is 0 Å². The smallest absolute Gasteiger partial charge is 0.227 e. The molecular weight excluding hydrogens is 342 g/mol. The summed E-state index contributed by atoms with van der Waals surface area (Å²) in [6.07, 6.45) is 6.23. The number of pyridine rings is 1. The number of carbonyl (C=O) groups is 1. The second kappa shape index (κ2) is 6.61. The molecule has 2 aliphatic rings. The molecule has 0 spiro atoms. The molecule has 5 rings (SSSR count). The zero-order chi connectivity index (χ0) is 18.2. The van der Waals surface area contributed by atoms with Crippen LogP contribution in [-0.4, -0.2) is 61.8 Å². The summed E-state index contributed by atoms with van der Waals surface area (Å²) in [5.74, 6) is 2.55. The Bertz CT molecular complexity index is 959. The van der Waals surface area contributed by atoms with Gasteiger partial charge in [0, 0.05) is 44.5 Å². The van der Waals surface area contributed by atoms with Crippen molar-refractivity contribution in [2.45, 2.75) is 25.2 Å². The van der Waals surface area contributed by atoms with Gasteiger partial charge >= 0.3 is 0 Å². The fourth-order valence-corrected chi connectivity index (χ4v) is 3.53. The van der Waals surface area contributed by atoms with Gasteiger partial charge in [0.25, 0.3) is 0 Å². The number of hydrogen-bond donors (Lipinski definition) is 0. The molecule has 1 aliphatic heterocycles. The van der Waals surface area contributed by atoms with E-state index >= 15 is 0 Å². The summed E-state index contributed by atoms with van der Waals surface area (Å²) in [6, 6.07) is 7.77. The van der Waals surface area contributed by atoms with Crippen molar-refractivity contribution in [2.75, 3.05) is 31.1 Å². The van der Waals surface area contributed by atoms with Crippen LogP contribution in [0.3, 0.4) is 0 Å². The van der Waals surface area contributed by atoms with Crippen molar-refractivity contribution >= 4 is 17.4 Å². The molecule has 0 radical (unpaired) electrons. The Kier molecular flexibility index (Phi) is 3.95. The fourth-order valence-electron chi connectivity index (χ4n) is 3.53. The molecule has 0 N–H and O–H groups in total. The molecule has 3 aromatic heterocycles. The van der Waals surface area contributed by atoms with E-state index in [9.17, 15) is 4.79 Å². The molecule has 1 amide bonds. The van der Waals surface area contributed by atoms with Gasteiger partial charge in [-0.25, -0.2) is 0 Å². The highest BCUT2D eigenvalue weighted by Crippen LogP contribution is 2.38. The van der Waals surface area contributed by atoms with Crippen molar-refractivity contribution in [2.24, 2.45) is 0 Å². The highest BCUT2D eigenvalue weighted by atomic mass is 16.2. The SMILES string of the molecule is O=C(Cc1cccnc1)N1CCN(c2ccc3nnc(C4CC4)n3n2)CC1. The predicted molar refractivity (Wildman–Crippen MR) is 99.5 cm³/mol. The molecule has 8 heteroatoms. The molecule has 0 unspecified atom stereocenters. The van der Waals surface area contributed by atoms with Crippen LogP contribution in [0.1, 0.15) is 30.1 Å². The zero-order valence-corrected chi connectivity index (χ0v) is 15.0. The lowest BCUT2D eigenvalue weighted by molar-refractivity contribution is -0.130. The summed E-state index contributed by atoms with van der Waals surface area (Å²) in [4.78, 5) is 20.8. The molecule has 0 aromatic carbocycles. The first-order valence-electron chi connectivity index (χ1n) is 9.42. The third-order valence-electron chi connectivity index (χ3n) is 5.25. The van der Waals surface area contributed by atoms with E-state index in [2.05, 4.69) is 20.1 Å². The maximum Gasteiger partial charge on any atom is 0.227 e. The number of carbonyl (C=O) groups excluding carboxylic acids is 1. The second-order valence-corrected chi connectivity index (χ2v) is 7.20. The molecule has 0 atom stereocenters. The average Bonchev–Trinajstić information content (AvgIpc) is 3.47. The molecule has 0 bridgehead atoms. The van der Waals surface area contributed by atoms with Crippen LogP contribution in [0.5, 0.6) is 0 Å². The Morgan fingerprint density at radius 2 is 1.93 bits per heavy atom. The Labute approximate surface area is 156 Å². The Balaban J connectivity index is 1.25. The van der Waals surface area contributed by atoms with Gasteiger partial charge in [0.1, 0.15) is 5.82 Å². The normalized spacial score (nSPS) is 17.5. The second-order valence-electron chi connectivity index (χ2n) is 7.20. The average molecular weight is 363 g/mol. The molecule has 27 heavy (non-hydrogen) atoms. The van der Waals surface area contributed by atoms with Crippen LogP contribution >= 0.6 is 0 Å². The van der Waals surface area contributed by atoms with E-state index in [-0.39, 0.29) is 5.91 Å². The summed E-state index contributed by atoms with van der Waals surface area (Å²) in [6.45, 7) is 2.96. The lowest BCUT2D eigenvalue weighted by Crippen LogP contribution is -2.49. The van der Waals surface area contributed by atoms with Crippen LogP contribution in [0, 0.1) is 0 Å². The van der Waals surface area contributed by atoms with Crippen molar-refractivity contribution < 1.29 is 4.79 Å². The van der Waals surface area contributed by atoms with Gasteiger partial charge in [-0.05, 0) is 36.6 Å². The molecule has 1 saturated heterocycles. The number of rotatable bonds is 4. The van der Waals surface area contributed by atoms with Crippen LogP contribution in [0.15, 0.2) is 36.7 Å². The highest BCUT2D eigenvalue weighted by Gasteiger charge is 2.30. The molecule has 4 heterocycles. The first-order valence-corrected chi connectivity index (χ1v) is 9.42. The largest absolute Gasteiger partial charge is 0.352 e. The predicted octanol–water partition coefficient (Wildman–Crippen LogP) is 1.29. The summed E-state index contributed by atoms with van der Waals surface area (Å²) in [7, 11) is 0. The van der Waals surface area contributed by atoms with Gasteiger partial charge in [0.15, 0.2) is 11.5 Å². The Hall–Kier alpha value is -3.03. The first-order chi connectivity index (χ1) is 13.3. The van der Waals surface area contributed by atoms with Crippen LogP contribution in [0.4, 0.5) is 5.82 Å². The van der Waals surface area contributed by atoms with E-state index in [0.717, 1.165) is 35.9 Å². The minimum absolute atomic E-state index is 0.154. The highest BCUT2D eigenvalue weighted by molar-refractivity contribution is 5.79. The van der Waals surface area contributed by atoms with Crippen molar-refractivity contribution in [1.82, 2.24) is 29.7 Å². The van der Waals surface area contributed by atoms with Crippen LogP contribution in [0.25, 0.3) is 5.65 Å². The molecule has 1 aliphatic carbocycles. The van der Waals surface area contributed by atoms with E-state index < -0.39 is 0 Å². The summed E-state index contributed by atoms with van der Waals surface area (Å²) in [5.41, 5.74) is 1.75. The lowest BCUT2D eigenvalue weighted by Gasteiger charge is -2.35. The summed E-state index contributed by atoms with van der Waals surface area (Å²) >= 11 is 0. The standard InChI is InChI=1S/C19H21N7O/c27-18(12-14-2-1-7-20-13-14)25-10-8-24(9-11-25)17-6-5-16-21-22-19(15-3-4-15)26(16)23-17/h1-2,5-7,13,15H,3-4,8-12H2. The number of nitrogens with zero attached hydrogens (tertiary/aromatic N) is 7. The number of anilines is 1. The summed E-state index contributed by atoms with van der Waals surface area (Å²) in [5, 5.41) is 13.3. The van der Waals surface area contributed by atoms with Gasteiger partial charge in [-0.3, -0.25) is 9.78 Å². The summed E-state index contributed by atoms with van der Waals surface area (Å²) < 4.78 is 1.88. The topological polar surface area (TPSA) is 79.5 Å². The van der Waals surface area contributed by atoms with E-state index in [0.29, 0.717) is 25.4 Å². The third-order valence-corrected chi connectivity index (χ3v) is 5.25. The molecule has 2 fully saturated rings. The van der Waals surface area contributed by atoms with Gasteiger partial charge < -0.3 is 9.80 Å². The quantitative estimate of drug-likeness (QED) is 0.695. The van der Waals surface area contributed by atoms with Gasteiger partial charge in [0.2, 0.25) is 5.91 Å². The van der Waals surface area contributed by atoms with Crippen molar-refractivity contribution in [1.29, 1.82) is 0 Å².